The SMILES string of the molecule is Cc1cc(=O)c(O)c(N=O)cc1C(=O)C1=CCC(c2ccccc2)C=C1. The number of nitrogens with zero attached hydrogens (tertiary/aromatic N) is 1. The molecule has 0 heterocycles. The molecule has 0 radical (unpaired) electrons. The lowest BCUT2D eigenvalue weighted by Gasteiger charge is -2.16. The Hall–Kier alpha value is -3.34. The summed E-state index contributed by atoms with van der Waals surface area (Å²) in [5, 5.41) is 12.4. The molecule has 2 aromatic rings. The zero-order valence-electron chi connectivity index (χ0n) is 14.2. The first-order valence-corrected chi connectivity index (χ1v) is 8.20. The molecule has 0 saturated heterocycles. The molecule has 0 saturated carbocycles. The molecule has 0 aromatic heterocycles. The van der Waals surface area contributed by atoms with Crippen LogP contribution in [0.5, 0.6) is 5.75 Å². The highest BCUT2D eigenvalue weighted by atomic mass is 16.3. The number of benzene rings is 1. The van der Waals surface area contributed by atoms with E-state index < -0.39 is 16.9 Å². The van der Waals surface area contributed by atoms with Crippen LogP contribution in [0, 0.1) is 11.8 Å². The molecule has 5 nitrogen and oxygen atoms in total. The number of aromatic hydroxyl groups is 1. The Morgan fingerprint density at radius 1 is 1.19 bits per heavy atom. The maximum absolute atomic E-state index is 12.8. The highest BCUT2D eigenvalue weighted by Gasteiger charge is 2.19. The second-order valence-electron chi connectivity index (χ2n) is 6.18. The Labute approximate surface area is 150 Å². The van der Waals surface area contributed by atoms with Crippen molar-refractivity contribution in [3.63, 3.8) is 0 Å². The molecular formula is C21H17NO4. The van der Waals surface area contributed by atoms with Gasteiger partial charge in [-0.2, -0.15) is 0 Å². The molecule has 5 heteroatoms. The number of carbonyl (C=O) groups is 1. The number of rotatable bonds is 4. The summed E-state index contributed by atoms with van der Waals surface area (Å²) in [4.78, 5) is 35.5. The molecule has 1 N–H and O–H groups in total. The summed E-state index contributed by atoms with van der Waals surface area (Å²) in [7, 11) is 0. The first kappa shape index (κ1) is 17.5. The van der Waals surface area contributed by atoms with Gasteiger partial charge in [-0.05, 0) is 41.8 Å². The van der Waals surface area contributed by atoms with E-state index in [1.807, 2.05) is 42.5 Å². The van der Waals surface area contributed by atoms with Gasteiger partial charge in [-0.1, -0.05) is 48.6 Å². The largest absolute Gasteiger partial charge is 0.503 e. The molecule has 1 aliphatic rings. The highest BCUT2D eigenvalue weighted by Crippen LogP contribution is 2.29. The van der Waals surface area contributed by atoms with E-state index in [1.54, 1.807) is 13.0 Å². The Morgan fingerprint density at radius 2 is 1.92 bits per heavy atom. The summed E-state index contributed by atoms with van der Waals surface area (Å²) in [6.07, 6.45) is 6.24. The topological polar surface area (TPSA) is 83.8 Å². The summed E-state index contributed by atoms with van der Waals surface area (Å²) in [6.45, 7) is 1.59. The average molecular weight is 347 g/mol. The fourth-order valence-electron chi connectivity index (χ4n) is 2.99. The van der Waals surface area contributed by atoms with E-state index in [1.165, 1.54) is 11.6 Å². The number of hydrogen-bond acceptors (Lipinski definition) is 5. The van der Waals surface area contributed by atoms with Gasteiger partial charge in [0, 0.05) is 17.1 Å². The molecule has 0 spiro atoms. The summed E-state index contributed by atoms with van der Waals surface area (Å²) in [6, 6.07) is 12.3. The molecule has 26 heavy (non-hydrogen) atoms. The maximum Gasteiger partial charge on any atom is 0.222 e. The molecule has 3 rings (SSSR count). The predicted octanol–water partition coefficient (Wildman–Crippen LogP) is 4.31. The van der Waals surface area contributed by atoms with Gasteiger partial charge < -0.3 is 5.11 Å². The van der Waals surface area contributed by atoms with Crippen LogP contribution in [0.25, 0.3) is 0 Å². The Bertz CT molecular complexity index is 991. The second-order valence-corrected chi connectivity index (χ2v) is 6.18. The molecule has 0 fully saturated rings. The van der Waals surface area contributed by atoms with Crippen molar-refractivity contribution in [2.45, 2.75) is 19.3 Å². The molecule has 130 valence electrons. The van der Waals surface area contributed by atoms with Crippen molar-refractivity contribution < 1.29 is 9.90 Å². The van der Waals surface area contributed by atoms with Gasteiger partial charge in [0.25, 0.3) is 0 Å². The van der Waals surface area contributed by atoms with Crippen molar-refractivity contribution in [2.75, 3.05) is 0 Å². The number of Topliss-reactive ketones (excluding diaryl/α,β-unsaturated/α-hetero) is 1. The van der Waals surface area contributed by atoms with Crippen LogP contribution in [0.3, 0.4) is 0 Å². The van der Waals surface area contributed by atoms with E-state index in [9.17, 15) is 19.6 Å². The summed E-state index contributed by atoms with van der Waals surface area (Å²) >= 11 is 0. The van der Waals surface area contributed by atoms with E-state index in [2.05, 4.69) is 5.18 Å². The van der Waals surface area contributed by atoms with Crippen LogP contribution in [0.2, 0.25) is 0 Å². The summed E-state index contributed by atoms with van der Waals surface area (Å²) in [5.41, 5.74) is 1.02. The van der Waals surface area contributed by atoms with Gasteiger partial charge in [0.05, 0.1) is 0 Å². The Kier molecular flexibility index (Phi) is 4.89. The number of allylic oxidation sites excluding steroid dienone is 4. The van der Waals surface area contributed by atoms with Crippen molar-refractivity contribution in [1.82, 2.24) is 0 Å². The van der Waals surface area contributed by atoms with E-state index >= 15 is 0 Å². The van der Waals surface area contributed by atoms with Crippen LogP contribution in [-0.4, -0.2) is 10.9 Å². The highest BCUT2D eigenvalue weighted by molar-refractivity contribution is 6.11. The lowest BCUT2D eigenvalue weighted by Crippen LogP contribution is -2.07. The second kappa shape index (κ2) is 7.27. The van der Waals surface area contributed by atoms with Gasteiger partial charge in [0.15, 0.2) is 17.2 Å². The van der Waals surface area contributed by atoms with Crippen molar-refractivity contribution in [2.24, 2.45) is 5.18 Å². The molecule has 0 bridgehead atoms. The number of nitroso groups, excluding NO2 is 1. The van der Waals surface area contributed by atoms with Gasteiger partial charge in [0.2, 0.25) is 5.43 Å². The minimum Gasteiger partial charge on any atom is -0.503 e. The quantitative estimate of drug-likeness (QED) is 0.660. The van der Waals surface area contributed by atoms with E-state index in [0.717, 1.165) is 6.07 Å². The Morgan fingerprint density at radius 3 is 2.54 bits per heavy atom. The number of ketones is 1. The van der Waals surface area contributed by atoms with E-state index in [4.69, 9.17) is 0 Å². The molecule has 0 amide bonds. The average Bonchev–Trinajstić information content (AvgIpc) is 2.78. The third-order valence-corrected chi connectivity index (χ3v) is 4.46. The van der Waals surface area contributed by atoms with Gasteiger partial charge >= 0.3 is 0 Å². The van der Waals surface area contributed by atoms with E-state index in [0.29, 0.717) is 17.6 Å². The lowest BCUT2D eigenvalue weighted by molar-refractivity contribution is 0.103. The van der Waals surface area contributed by atoms with Crippen LogP contribution in [-0.2, 0) is 0 Å². The minimum absolute atomic E-state index is 0.172. The molecule has 1 atom stereocenters. The third kappa shape index (κ3) is 3.37. The fraction of sp³-hybridized carbons (Fsp3) is 0.143. The molecule has 1 unspecified atom stereocenters. The van der Waals surface area contributed by atoms with Crippen molar-refractivity contribution >= 4 is 11.5 Å². The van der Waals surface area contributed by atoms with Crippen LogP contribution < -0.4 is 5.43 Å². The zero-order chi connectivity index (χ0) is 18.7. The molecule has 0 aliphatic heterocycles. The smallest absolute Gasteiger partial charge is 0.222 e. The van der Waals surface area contributed by atoms with Crippen LogP contribution >= 0.6 is 0 Å². The van der Waals surface area contributed by atoms with E-state index in [-0.39, 0.29) is 17.3 Å². The minimum atomic E-state index is -0.751. The molecule has 2 aromatic carbocycles. The number of aryl methyl sites for hydroxylation is 1. The zero-order valence-corrected chi connectivity index (χ0v) is 14.2. The Balaban J connectivity index is 1.93. The first-order chi connectivity index (χ1) is 12.5. The standard InChI is InChI=1S/C21H17NO4/c1-13-11-19(23)21(25)18(22-26)12-17(13)20(24)16-9-7-15(8-10-16)14-5-3-2-4-6-14/h2-7,9-12,15H,8H2,1H3,(H,23,25). The molecule has 1 aliphatic carbocycles. The maximum atomic E-state index is 12.8. The van der Waals surface area contributed by atoms with Crippen molar-refractivity contribution in [1.29, 1.82) is 0 Å². The summed E-state index contributed by atoms with van der Waals surface area (Å²) in [5.74, 6) is -0.866. The normalized spacial score (nSPS) is 16.0. The number of carbonyl (C=O) groups excluding carboxylic acids is 1. The van der Waals surface area contributed by atoms with Gasteiger partial charge in [-0.15, -0.1) is 4.91 Å². The lowest BCUT2D eigenvalue weighted by atomic mass is 9.88. The van der Waals surface area contributed by atoms with Gasteiger partial charge in [0.1, 0.15) is 0 Å². The molecular weight excluding hydrogens is 330 g/mol. The first-order valence-electron chi connectivity index (χ1n) is 8.20. The van der Waals surface area contributed by atoms with Crippen molar-refractivity contribution in [3.8, 4) is 5.75 Å². The third-order valence-electron chi connectivity index (χ3n) is 4.46. The van der Waals surface area contributed by atoms with Crippen LogP contribution in [0.15, 0.2) is 76.2 Å². The monoisotopic (exact) mass is 347 g/mol. The van der Waals surface area contributed by atoms with Gasteiger partial charge in [-0.3, -0.25) is 9.59 Å². The fourth-order valence-corrected chi connectivity index (χ4v) is 2.99. The van der Waals surface area contributed by atoms with Crippen LogP contribution in [0.1, 0.15) is 33.8 Å². The van der Waals surface area contributed by atoms with Gasteiger partial charge in [-0.25, -0.2) is 0 Å². The van der Waals surface area contributed by atoms with Crippen LogP contribution in [0.4, 0.5) is 5.69 Å². The van der Waals surface area contributed by atoms with Crippen molar-refractivity contribution in [3.05, 3.63) is 98.1 Å². The summed E-state index contributed by atoms with van der Waals surface area (Å²) < 4.78 is 0. The number of hydrogen-bond donors (Lipinski definition) is 1. The predicted molar refractivity (Wildman–Crippen MR) is 99.9 cm³/mol.